The minimum absolute atomic E-state index is 0.0167. The number of rotatable bonds is 9. The van der Waals surface area contributed by atoms with Crippen LogP contribution in [0.1, 0.15) is 36.5 Å². The van der Waals surface area contributed by atoms with E-state index in [1.807, 2.05) is 35.2 Å². The summed E-state index contributed by atoms with van der Waals surface area (Å²) in [5.41, 5.74) is 3.00. The molecule has 2 amide bonds. The first kappa shape index (κ1) is 20.9. The molecule has 2 aromatic rings. The highest BCUT2D eigenvalue weighted by Gasteiger charge is 2.15. The molecule has 1 N–H and O–H groups in total. The second-order valence-electron chi connectivity index (χ2n) is 6.55. The molecule has 0 heterocycles. The van der Waals surface area contributed by atoms with E-state index in [-0.39, 0.29) is 18.2 Å². The SMILES string of the molecule is C=CC(=O)Nc1cccc(CC(=O)N(CCCC)Cc2cccc(C#N)c2)c1. The van der Waals surface area contributed by atoms with Gasteiger partial charge in [-0.1, -0.05) is 44.2 Å². The largest absolute Gasteiger partial charge is 0.338 e. The van der Waals surface area contributed by atoms with E-state index in [0.29, 0.717) is 24.3 Å². The maximum Gasteiger partial charge on any atom is 0.247 e. The molecule has 0 atom stereocenters. The number of nitrogens with one attached hydrogen (secondary N) is 1. The van der Waals surface area contributed by atoms with Crippen molar-refractivity contribution in [3.63, 3.8) is 0 Å². The third-order valence-corrected chi connectivity index (χ3v) is 4.30. The van der Waals surface area contributed by atoms with Gasteiger partial charge in [-0.25, -0.2) is 0 Å². The van der Waals surface area contributed by atoms with Crippen molar-refractivity contribution in [2.45, 2.75) is 32.7 Å². The third kappa shape index (κ3) is 6.40. The Balaban J connectivity index is 2.12. The van der Waals surface area contributed by atoms with E-state index in [1.165, 1.54) is 6.08 Å². The van der Waals surface area contributed by atoms with Gasteiger partial charge in [-0.3, -0.25) is 9.59 Å². The molecule has 0 radical (unpaired) electrons. The second-order valence-corrected chi connectivity index (χ2v) is 6.55. The molecule has 0 aliphatic carbocycles. The zero-order chi connectivity index (χ0) is 20.4. The normalized spacial score (nSPS) is 10.0. The van der Waals surface area contributed by atoms with Crippen LogP contribution in [0.25, 0.3) is 0 Å². The van der Waals surface area contributed by atoms with E-state index >= 15 is 0 Å². The van der Waals surface area contributed by atoms with Gasteiger partial charge in [0.25, 0.3) is 0 Å². The minimum Gasteiger partial charge on any atom is -0.338 e. The number of hydrogen-bond donors (Lipinski definition) is 1. The van der Waals surface area contributed by atoms with Crippen LogP contribution >= 0.6 is 0 Å². The fourth-order valence-electron chi connectivity index (χ4n) is 2.84. The number of amides is 2. The monoisotopic (exact) mass is 375 g/mol. The number of anilines is 1. The van der Waals surface area contributed by atoms with Crippen LogP contribution in [0.4, 0.5) is 5.69 Å². The lowest BCUT2D eigenvalue weighted by Crippen LogP contribution is -2.32. The fraction of sp³-hybridized carbons (Fsp3) is 0.261. The van der Waals surface area contributed by atoms with Gasteiger partial charge in [0.05, 0.1) is 18.1 Å². The summed E-state index contributed by atoms with van der Waals surface area (Å²) in [6.45, 7) is 6.67. The average molecular weight is 375 g/mol. The van der Waals surface area contributed by atoms with Crippen LogP contribution in [0, 0.1) is 11.3 Å². The first-order valence-corrected chi connectivity index (χ1v) is 9.35. The standard InChI is InChI=1S/C23H25N3O2/c1-3-5-12-26(17-20-10-6-9-19(13-20)16-24)23(28)15-18-8-7-11-21(14-18)25-22(27)4-2/h4,6-11,13-14H,2-3,5,12,15,17H2,1H3,(H,25,27). The molecule has 2 aromatic carbocycles. The quantitative estimate of drug-likeness (QED) is 0.672. The lowest BCUT2D eigenvalue weighted by atomic mass is 10.1. The Morgan fingerprint density at radius 3 is 2.64 bits per heavy atom. The number of nitrogens with zero attached hydrogens (tertiary/aromatic N) is 2. The molecule has 28 heavy (non-hydrogen) atoms. The van der Waals surface area contributed by atoms with Gasteiger partial charge < -0.3 is 10.2 Å². The summed E-state index contributed by atoms with van der Waals surface area (Å²) in [5, 5.41) is 11.8. The lowest BCUT2D eigenvalue weighted by Gasteiger charge is -2.23. The van der Waals surface area contributed by atoms with Crippen molar-refractivity contribution < 1.29 is 9.59 Å². The van der Waals surface area contributed by atoms with E-state index in [0.717, 1.165) is 24.0 Å². The van der Waals surface area contributed by atoms with Crippen LogP contribution in [-0.4, -0.2) is 23.3 Å². The summed E-state index contributed by atoms with van der Waals surface area (Å²) in [7, 11) is 0. The molecular formula is C23H25N3O2. The van der Waals surface area contributed by atoms with Gasteiger partial charge in [0.1, 0.15) is 0 Å². The van der Waals surface area contributed by atoms with Crippen molar-refractivity contribution in [3.05, 3.63) is 77.9 Å². The van der Waals surface area contributed by atoms with E-state index in [4.69, 9.17) is 5.26 Å². The molecule has 0 fully saturated rings. The fourth-order valence-corrected chi connectivity index (χ4v) is 2.84. The Hall–Kier alpha value is -3.39. The molecule has 2 rings (SSSR count). The van der Waals surface area contributed by atoms with Crippen LogP contribution in [-0.2, 0) is 22.6 Å². The second kappa shape index (κ2) is 10.7. The third-order valence-electron chi connectivity index (χ3n) is 4.30. The van der Waals surface area contributed by atoms with Crippen molar-refractivity contribution in [2.75, 3.05) is 11.9 Å². The molecule has 0 bridgehead atoms. The molecule has 0 aliphatic rings. The molecule has 5 heteroatoms. The van der Waals surface area contributed by atoms with E-state index in [1.54, 1.807) is 18.2 Å². The number of benzene rings is 2. The van der Waals surface area contributed by atoms with Crippen LogP contribution in [0.2, 0.25) is 0 Å². The van der Waals surface area contributed by atoms with E-state index < -0.39 is 0 Å². The summed E-state index contributed by atoms with van der Waals surface area (Å²) < 4.78 is 0. The van der Waals surface area contributed by atoms with Crippen LogP contribution in [0.3, 0.4) is 0 Å². The number of hydrogen-bond acceptors (Lipinski definition) is 3. The first-order valence-electron chi connectivity index (χ1n) is 9.35. The predicted molar refractivity (Wildman–Crippen MR) is 110 cm³/mol. The Morgan fingerprint density at radius 1 is 1.18 bits per heavy atom. The molecule has 0 saturated carbocycles. The molecule has 0 unspecified atom stereocenters. The summed E-state index contributed by atoms with van der Waals surface area (Å²) in [6.07, 6.45) is 3.36. The first-order chi connectivity index (χ1) is 13.5. The molecule has 0 aromatic heterocycles. The Morgan fingerprint density at radius 2 is 1.93 bits per heavy atom. The highest BCUT2D eigenvalue weighted by molar-refractivity contribution is 5.98. The maximum atomic E-state index is 12.9. The zero-order valence-corrected chi connectivity index (χ0v) is 16.1. The van der Waals surface area contributed by atoms with Gasteiger partial charge in [-0.05, 0) is 47.9 Å². The van der Waals surface area contributed by atoms with Gasteiger partial charge in [-0.2, -0.15) is 5.26 Å². The van der Waals surface area contributed by atoms with Crippen molar-refractivity contribution in [1.29, 1.82) is 5.26 Å². The van der Waals surface area contributed by atoms with Crippen molar-refractivity contribution in [3.8, 4) is 6.07 Å². The molecule has 0 saturated heterocycles. The van der Waals surface area contributed by atoms with Gasteiger partial charge >= 0.3 is 0 Å². The van der Waals surface area contributed by atoms with Crippen LogP contribution < -0.4 is 5.32 Å². The van der Waals surface area contributed by atoms with Crippen LogP contribution in [0.5, 0.6) is 0 Å². The number of carbonyl (C=O) groups excluding carboxylic acids is 2. The smallest absolute Gasteiger partial charge is 0.247 e. The lowest BCUT2D eigenvalue weighted by molar-refractivity contribution is -0.131. The van der Waals surface area contributed by atoms with Crippen molar-refractivity contribution >= 4 is 17.5 Å². The summed E-state index contributed by atoms with van der Waals surface area (Å²) in [5.74, 6) is -0.270. The number of nitriles is 1. The maximum absolute atomic E-state index is 12.9. The van der Waals surface area contributed by atoms with Gasteiger partial charge in [0, 0.05) is 18.8 Å². The molecular weight excluding hydrogens is 350 g/mol. The summed E-state index contributed by atoms with van der Waals surface area (Å²) in [6, 6.07) is 16.7. The predicted octanol–water partition coefficient (Wildman–Crippen LogP) is 4.05. The Labute approximate surface area is 166 Å². The van der Waals surface area contributed by atoms with E-state index in [2.05, 4.69) is 24.9 Å². The van der Waals surface area contributed by atoms with Gasteiger partial charge in [0.2, 0.25) is 11.8 Å². The summed E-state index contributed by atoms with van der Waals surface area (Å²) >= 11 is 0. The minimum atomic E-state index is -0.287. The van der Waals surface area contributed by atoms with Crippen LogP contribution in [0.15, 0.2) is 61.2 Å². The number of unbranched alkanes of at least 4 members (excludes halogenated alkanes) is 1. The molecule has 5 nitrogen and oxygen atoms in total. The molecule has 0 aliphatic heterocycles. The topological polar surface area (TPSA) is 73.2 Å². The highest BCUT2D eigenvalue weighted by atomic mass is 16.2. The van der Waals surface area contributed by atoms with Gasteiger partial charge in [0.15, 0.2) is 0 Å². The Bertz CT molecular complexity index is 883. The number of carbonyl (C=O) groups is 2. The van der Waals surface area contributed by atoms with Gasteiger partial charge in [-0.15, -0.1) is 0 Å². The Kier molecular flexibility index (Phi) is 7.98. The molecule has 144 valence electrons. The zero-order valence-electron chi connectivity index (χ0n) is 16.1. The highest BCUT2D eigenvalue weighted by Crippen LogP contribution is 2.15. The molecule has 0 spiro atoms. The van der Waals surface area contributed by atoms with E-state index in [9.17, 15) is 9.59 Å². The average Bonchev–Trinajstić information content (AvgIpc) is 2.71. The van der Waals surface area contributed by atoms with Crippen molar-refractivity contribution in [2.24, 2.45) is 0 Å². The summed E-state index contributed by atoms with van der Waals surface area (Å²) in [4.78, 5) is 26.2. The van der Waals surface area contributed by atoms with Crippen molar-refractivity contribution in [1.82, 2.24) is 4.90 Å².